The molecular formula is C20H25N3O4. The number of rotatable bonds is 4. The fourth-order valence-electron chi connectivity index (χ4n) is 4.54. The summed E-state index contributed by atoms with van der Waals surface area (Å²) in [5, 5.41) is 9.19. The Hall–Kier alpha value is -2.09. The molecule has 2 saturated heterocycles. The Morgan fingerprint density at radius 2 is 2.04 bits per heavy atom. The smallest absolute Gasteiger partial charge is 0.231 e. The second-order valence-corrected chi connectivity index (χ2v) is 7.64. The van der Waals surface area contributed by atoms with Gasteiger partial charge in [-0.1, -0.05) is 0 Å². The minimum Gasteiger partial charge on any atom is -0.454 e. The van der Waals surface area contributed by atoms with E-state index in [9.17, 15) is 5.11 Å². The van der Waals surface area contributed by atoms with Gasteiger partial charge in [-0.15, -0.1) is 0 Å². The average Bonchev–Trinajstić information content (AvgIpc) is 3.39. The number of aromatic nitrogens is 2. The van der Waals surface area contributed by atoms with E-state index in [4.69, 9.17) is 14.2 Å². The summed E-state index contributed by atoms with van der Waals surface area (Å²) in [4.78, 5) is 7.17. The molecule has 0 radical (unpaired) electrons. The van der Waals surface area contributed by atoms with Gasteiger partial charge >= 0.3 is 0 Å². The predicted molar refractivity (Wildman–Crippen MR) is 99.0 cm³/mol. The molecule has 0 spiro atoms. The number of morpholine rings is 1. The van der Waals surface area contributed by atoms with Gasteiger partial charge in [0.1, 0.15) is 5.82 Å². The van der Waals surface area contributed by atoms with E-state index in [1.807, 2.05) is 18.3 Å². The zero-order valence-electron chi connectivity index (χ0n) is 15.5. The van der Waals surface area contributed by atoms with Gasteiger partial charge in [0.25, 0.3) is 0 Å². The first-order valence-corrected chi connectivity index (χ1v) is 9.63. The lowest BCUT2D eigenvalue weighted by Crippen LogP contribution is -2.46. The Morgan fingerprint density at radius 3 is 2.89 bits per heavy atom. The van der Waals surface area contributed by atoms with Crippen LogP contribution in [0.1, 0.15) is 24.4 Å². The number of nitrogens with zero attached hydrogens (tertiary/aromatic N) is 3. The van der Waals surface area contributed by atoms with Crippen LogP contribution in [0.2, 0.25) is 0 Å². The molecule has 1 aromatic carbocycles. The van der Waals surface area contributed by atoms with Crippen LogP contribution in [-0.4, -0.2) is 64.8 Å². The first-order valence-electron chi connectivity index (χ1n) is 9.63. The number of aryl methyl sites for hydroxylation is 1. The van der Waals surface area contributed by atoms with Gasteiger partial charge in [0.2, 0.25) is 6.79 Å². The van der Waals surface area contributed by atoms with Crippen molar-refractivity contribution in [1.82, 2.24) is 14.5 Å². The zero-order valence-corrected chi connectivity index (χ0v) is 15.5. The predicted octanol–water partition coefficient (Wildman–Crippen LogP) is 1.98. The zero-order chi connectivity index (χ0) is 18.4. The second-order valence-electron chi connectivity index (χ2n) is 7.64. The van der Waals surface area contributed by atoms with Crippen LogP contribution in [0.25, 0.3) is 11.4 Å². The third-order valence-corrected chi connectivity index (χ3v) is 5.94. The Kier molecular flexibility index (Phi) is 4.30. The number of aliphatic hydroxyl groups excluding tert-OH is 1. The minimum absolute atomic E-state index is 0.142. The van der Waals surface area contributed by atoms with Crippen LogP contribution >= 0.6 is 0 Å². The van der Waals surface area contributed by atoms with Crippen LogP contribution in [0, 0.1) is 6.92 Å². The summed E-state index contributed by atoms with van der Waals surface area (Å²) in [6.07, 6.45) is 5.86. The van der Waals surface area contributed by atoms with Crippen LogP contribution in [0.4, 0.5) is 0 Å². The van der Waals surface area contributed by atoms with Crippen molar-refractivity contribution in [3.63, 3.8) is 0 Å². The third kappa shape index (κ3) is 2.99. The van der Waals surface area contributed by atoms with Gasteiger partial charge in [0, 0.05) is 49.7 Å². The van der Waals surface area contributed by atoms with Crippen LogP contribution in [0.15, 0.2) is 24.5 Å². The number of imidazole rings is 1. The fourth-order valence-corrected chi connectivity index (χ4v) is 4.54. The number of benzene rings is 1. The summed E-state index contributed by atoms with van der Waals surface area (Å²) in [5.74, 6) is 2.57. The average molecular weight is 371 g/mol. The summed E-state index contributed by atoms with van der Waals surface area (Å²) in [5.41, 5.74) is 2.22. The summed E-state index contributed by atoms with van der Waals surface area (Å²) in [7, 11) is 0. The molecule has 3 atom stereocenters. The van der Waals surface area contributed by atoms with E-state index in [1.165, 1.54) is 0 Å². The molecule has 0 aliphatic carbocycles. The topological polar surface area (TPSA) is 69.0 Å². The molecule has 1 aromatic heterocycles. The largest absolute Gasteiger partial charge is 0.454 e. The first kappa shape index (κ1) is 17.0. The molecule has 0 bridgehead atoms. The lowest BCUT2D eigenvalue weighted by atomic mass is 10.1. The number of hydrogen-bond donors (Lipinski definition) is 1. The standard InChI is InChI=1S/C20H25N3O4/c1-13-6-18-19(27-12-26-18)8-17(13)20-21-3-4-23(20)14-7-15-11-25-16(2-5-24)10-22(15)9-14/h3-4,6,8,14-16,24H,2,5,7,9-12H2,1H3/t14-,15+,16+/m1/s1. The van der Waals surface area contributed by atoms with Gasteiger partial charge in [-0.25, -0.2) is 4.98 Å². The molecule has 7 nitrogen and oxygen atoms in total. The summed E-state index contributed by atoms with van der Waals surface area (Å²) in [6.45, 7) is 5.18. The van der Waals surface area contributed by atoms with Crippen molar-refractivity contribution in [3.05, 3.63) is 30.1 Å². The molecule has 7 heteroatoms. The Labute approximate surface area is 158 Å². The number of hydrogen-bond acceptors (Lipinski definition) is 6. The quantitative estimate of drug-likeness (QED) is 0.886. The Balaban J connectivity index is 1.40. The van der Waals surface area contributed by atoms with Crippen LogP contribution in [0.3, 0.4) is 0 Å². The molecule has 3 aliphatic rings. The van der Waals surface area contributed by atoms with Gasteiger partial charge < -0.3 is 23.9 Å². The van der Waals surface area contributed by atoms with Crippen molar-refractivity contribution in [2.75, 3.05) is 33.1 Å². The normalized spacial score (nSPS) is 27.1. The van der Waals surface area contributed by atoms with Gasteiger partial charge in [0.15, 0.2) is 11.5 Å². The van der Waals surface area contributed by atoms with Crippen molar-refractivity contribution in [2.45, 2.75) is 38.0 Å². The molecular weight excluding hydrogens is 346 g/mol. The van der Waals surface area contributed by atoms with E-state index < -0.39 is 0 Å². The number of aliphatic hydroxyl groups is 1. The van der Waals surface area contributed by atoms with Crippen molar-refractivity contribution in [1.29, 1.82) is 0 Å². The van der Waals surface area contributed by atoms with Gasteiger partial charge in [0.05, 0.1) is 12.7 Å². The first-order chi connectivity index (χ1) is 13.2. The maximum absolute atomic E-state index is 9.19. The molecule has 1 N–H and O–H groups in total. The van der Waals surface area contributed by atoms with E-state index >= 15 is 0 Å². The summed E-state index contributed by atoms with van der Waals surface area (Å²) < 4.78 is 19.3. The molecule has 0 saturated carbocycles. The van der Waals surface area contributed by atoms with Gasteiger partial charge in [-0.05, 0) is 37.5 Å². The molecule has 2 fully saturated rings. The van der Waals surface area contributed by atoms with E-state index in [-0.39, 0.29) is 19.5 Å². The molecule has 3 aliphatic heterocycles. The molecule has 5 rings (SSSR count). The molecule has 2 aromatic rings. The van der Waals surface area contributed by atoms with Crippen molar-refractivity contribution < 1.29 is 19.3 Å². The van der Waals surface area contributed by atoms with E-state index in [0.29, 0.717) is 18.5 Å². The monoisotopic (exact) mass is 371 g/mol. The number of fused-ring (bicyclic) bond motifs is 2. The SMILES string of the molecule is Cc1cc2c(cc1-c1nccn1[C@@H]1C[C@H]3CO[C@@H](CCO)CN3C1)OCO2. The highest BCUT2D eigenvalue weighted by atomic mass is 16.7. The Bertz CT molecular complexity index is 837. The van der Waals surface area contributed by atoms with Crippen LogP contribution in [-0.2, 0) is 4.74 Å². The second kappa shape index (κ2) is 6.82. The summed E-state index contributed by atoms with van der Waals surface area (Å²) >= 11 is 0. The number of ether oxygens (including phenoxy) is 3. The Morgan fingerprint density at radius 1 is 1.19 bits per heavy atom. The molecule has 144 valence electrons. The van der Waals surface area contributed by atoms with E-state index in [0.717, 1.165) is 54.6 Å². The molecule has 0 unspecified atom stereocenters. The lowest BCUT2D eigenvalue weighted by molar-refractivity contribution is -0.0567. The third-order valence-electron chi connectivity index (χ3n) is 5.94. The molecule has 4 heterocycles. The maximum Gasteiger partial charge on any atom is 0.231 e. The fraction of sp³-hybridized carbons (Fsp3) is 0.550. The lowest BCUT2D eigenvalue weighted by Gasteiger charge is -2.34. The minimum atomic E-state index is 0.142. The maximum atomic E-state index is 9.19. The van der Waals surface area contributed by atoms with Crippen molar-refractivity contribution in [2.24, 2.45) is 0 Å². The molecule has 0 amide bonds. The highest BCUT2D eigenvalue weighted by molar-refractivity contribution is 5.66. The van der Waals surface area contributed by atoms with Gasteiger partial charge in [-0.3, -0.25) is 4.90 Å². The highest BCUT2D eigenvalue weighted by Gasteiger charge is 2.38. The van der Waals surface area contributed by atoms with E-state index in [2.05, 4.69) is 27.6 Å². The van der Waals surface area contributed by atoms with Gasteiger partial charge in [-0.2, -0.15) is 0 Å². The summed E-state index contributed by atoms with van der Waals surface area (Å²) in [6, 6.07) is 4.88. The van der Waals surface area contributed by atoms with Crippen LogP contribution in [0.5, 0.6) is 11.5 Å². The van der Waals surface area contributed by atoms with Crippen molar-refractivity contribution >= 4 is 0 Å². The highest BCUT2D eigenvalue weighted by Crippen LogP contribution is 2.40. The van der Waals surface area contributed by atoms with Crippen LogP contribution < -0.4 is 9.47 Å². The van der Waals surface area contributed by atoms with E-state index in [1.54, 1.807) is 0 Å². The van der Waals surface area contributed by atoms with Crippen molar-refractivity contribution in [3.8, 4) is 22.9 Å². The molecule has 27 heavy (non-hydrogen) atoms.